The Hall–Kier alpha value is -1.92. The number of hydrogen-bond donors (Lipinski definition) is 1. The molecule has 1 N–H and O–H groups in total. The van der Waals surface area contributed by atoms with Crippen LogP contribution in [0.5, 0.6) is 0 Å². The van der Waals surface area contributed by atoms with E-state index in [-0.39, 0.29) is 18.7 Å². The summed E-state index contributed by atoms with van der Waals surface area (Å²) in [5, 5.41) is 11.7. The van der Waals surface area contributed by atoms with E-state index in [9.17, 15) is 9.90 Å². The molecule has 0 saturated carbocycles. The van der Waals surface area contributed by atoms with Gasteiger partial charge >= 0.3 is 0 Å². The van der Waals surface area contributed by atoms with Crippen LogP contribution in [0, 0.1) is 0 Å². The average molecular weight is 379 g/mol. The van der Waals surface area contributed by atoms with Crippen LogP contribution in [0.4, 0.5) is 0 Å². The maximum Gasteiger partial charge on any atom is 0.261 e. The van der Waals surface area contributed by atoms with Crippen LogP contribution in [0.1, 0.15) is 5.56 Å². The second-order valence-corrected chi connectivity index (χ2v) is 6.47. The third-order valence-electron chi connectivity index (χ3n) is 3.72. The van der Waals surface area contributed by atoms with Crippen LogP contribution in [-0.2, 0) is 17.9 Å². The summed E-state index contributed by atoms with van der Waals surface area (Å²) in [6.07, 6.45) is 0.560. The lowest BCUT2D eigenvalue weighted by Gasteiger charge is -2.14. The maximum atomic E-state index is 12.4. The fourth-order valence-corrected chi connectivity index (χ4v) is 2.82. The largest absolute Gasteiger partial charge is 0.389 e. The number of benzene rings is 2. The molecule has 3 aromatic rings. The molecule has 3 rings (SSSR count). The van der Waals surface area contributed by atoms with Crippen molar-refractivity contribution in [2.24, 2.45) is 0 Å². The first-order chi connectivity index (χ1) is 12.0. The molecule has 1 atom stereocenters. The van der Waals surface area contributed by atoms with Crippen molar-refractivity contribution >= 4 is 34.1 Å². The minimum absolute atomic E-state index is 0.0797. The van der Waals surface area contributed by atoms with Crippen LogP contribution in [0.25, 0.3) is 10.9 Å². The average Bonchev–Trinajstić information content (AvgIpc) is 2.59. The monoisotopic (exact) mass is 378 g/mol. The van der Waals surface area contributed by atoms with Gasteiger partial charge in [-0.15, -0.1) is 0 Å². The zero-order chi connectivity index (χ0) is 17.8. The SMILES string of the molecule is O=c1c2ccc(Cl)cc2ncn1C[C@@H](O)COCc1ccccc1Cl. The van der Waals surface area contributed by atoms with Crippen molar-refractivity contribution in [1.82, 2.24) is 9.55 Å². The maximum absolute atomic E-state index is 12.4. The van der Waals surface area contributed by atoms with Gasteiger partial charge in [0.2, 0.25) is 0 Å². The zero-order valence-corrected chi connectivity index (χ0v) is 14.7. The van der Waals surface area contributed by atoms with Crippen LogP contribution in [0.2, 0.25) is 10.0 Å². The Labute approximate surface area is 154 Å². The molecule has 0 aliphatic carbocycles. The standard InChI is InChI=1S/C18H16Cl2N2O3/c19-13-5-6-15-17(7-13)21-11-22(18(15)24)8-14(23)10-25-9-12-3-1-2-4-16(12)20/h1-7,11,14,23H,8-10H2/t14-/m1/s1. The number of aliphatic hydroxyl groups excluding tert-OH is 1. The fraction of sp³-hybridized carbons (Fsp3) is 0.222. The van der Waals surface area contributed by atoms with E-state index in [2.05, 4.69) is 4.98 Å². The number of aromatic nitrogens is 2. The Morgan fingerprint density at radius 2 is 2.00 bits per heavy atom. The molecule has 0 radical (unpaired) electrons. The van der Waals surface area contributed by atoms with E-state index in [0.29, 0.717) is 27.6 Å². The van der Waals surface area contributed by atoms with Gasteiger partial charge in [0.05, 0.1) is 43.1 Å². The fourth-order valence-electron chi connectivity index (χ4n) is 2.46. The molecule has 0 aliphatic rings. The summed E-state index contributed by atoms with van der Waals surface area (Å²) in [4.78, 5) is 16.6. The topological polar surface area (TPSA) is 64.4 Å². The van der Waals surface area contributed by atoms with Gasteiger partial charge in [-0.1, -0.05) is 41.4 Å². The Bertz CT molecular complexity index is 943. The van der Waals surface area contributed by atoms with Crippen LogP contribution >= 0.6 is 23.2 Å². The van der Waals surface area contributed by atoms with Crippen molar-refractivity contribution in [3.63, 3.8) is 0 Å². The normalized spacial score (nSPS) is 12.4. The minimum Gasteiger partial charge on any atom is -0.389 e. The van der Waals surface area contributed by atoms with Crippen molar-refractivity contribution in [2.75, 3.05) is 6.61 Å². The van der Waals surface area contributed by atoms with Crippen molar-refractivity contribution < 1.29 is 9.84 Å². The molecule has 0 saturated heterocycles. The second kappa shape index (κ2) is 7.97. The van der Waals surface area contributed by atoms with Gasteiger partial charge in [-0.25, -0.2) is 4.98 Å². The van der Waals surface area contributed by atoms with Gasteiger partial charge in [0.1, 0.15) is 0 Å². The van der Waals surface area contributed by atoms with Crippen LogP contribution in [0.3, 0.4) is 0 Å². The molecule has 130 valence electrons. The highest BCUT2D eigenvalue weighted by atomic mass is 35.5. The van der Waals surface area contributed by atoms with E-state index in [1.807, 2.05) is 18.2 Å². The molecule has 0 amide bonds. The number of ether oxygens (including phenoxy) is 1. The van der Waals surface area contributed by atoms with E-state index < -0.39 is 6.10 Å². The van der Waals surface area contributed by atoms with E-state index in [0.717, 1.165) is 5.56 Å². The third kappa shape index (κ3) is 4.38. The lowest BCUT2D eigenvalue weighted by molar-refractivity contribution is 0.0198. The van der Waals surface area contributed by atoms with Crippen LogP contribution < -0.4 is 5.56 Å². The summed E-state index contributed by atoms with van der Waals surface area (Å²) in [5.74, 6) is 0. The highest BCUT2D eigenvalue weighted by Crippen LogP contribution is 2.16. The molecular weight excluding hydrogens is 363 g/mol. The van der Waals surface area contributed by atoms with E-state index in [4.69, 9.17) is 27.9 Å². The van der Waals surface area contributed by atoms with Crippen LogP contribution in [0.15, 0.2) is 53.6 Å². The molecule has 0 bridgehead atoms. The lowest BCUT2D eigenvalue weighted by atomic mass is 10.2. The van der Waals surface area contributed by atoms with Gasteiger partial charge in [0, 0.05) is 10.0 Å². The number of halogens is 2. The molecule has 0 spiro atoms. The summed E-state index contributed by atoms with van der Waals surface area (Å²) >= 11 is 12.0. The lowest BCUT2D eigenvalue weighted by Crippen LogP contribution is -2.29. The molecule has 0 fully saturated rings. The van der Waals surface area contributed by atoms with Gasteiger partial charge in [-0.05, 0) is 29.8 Å². The van der Waals surface area contributed by atoms with Gasteiger partial charge < -0.3 is 9.84 Å². The second-order valence-electron chi connectivity index (χ2n) is 5.62. The predicted octanol–water partition coefficient (Wildman–Crippen LogP) is 3.28. The molecule has 5 nitrogen and oxygen atoms in total. The number of aliphatic hydroxyl groups is 1. The van der Waals surface area contributed by atoms with E-state index in [1.54, 1.807) is 24.3 Å². The number of rotatable bonds is 6. The Morgan fingerprint density at radius 1 is 1.20 bits per heavy atom. The molecule has 25 heavy (non-hydrogen) atoms. The summed E-state index contributed by atoms with van der Waals surface area (Å²) in [6.45, 7) is 0.462. The van der Waals surface area contributed by atoms with Gasteiger partial charge in [0.15, 0.2) is 0 Å². The zero-order valence-electron chi connectivity index (χ0n) is 13.2. The highest BCUT2D eigenvalue weighted by Gasteiger charge is 2.10. The van der Waals surface area contributed by atoms with Crippen molar-refractivity contribution in [3.8, 4) is 0 Å². The molecule has 2 aromatic carbocycles. The Balaban J connectivity index is 1.63. The first-order valence-corrected chi connectivity index (χ1v) is 8.44. The predicted molar refractivity (Wildman–Crippen MR) is 98.1 cm³/mol. The first kappa shape index (κ1) is 17.9. The summed E-state index contributed by atoms with van der Waals surface area (Å²) in [7, 11) is 0. The third-order valence-corrected chi connectivity index (χ3v) is 4.32. The molecule has 1 aromatic heterocycles. The Morgan fingerprint density at radius 3 is 2.80 bits per heavy atom. The van der Waals surface area contributed by atoms with E-state index >= 15 is 0 Å². The number of nitrogens with zero attached hydrogens (tertiary/aromatic N) is 2. The molecule has 0 aliphatic heterocycles. The van der Waals surface area contributed by atoms with Crippen molar-refractivity contribution in [1.29, 1.82) is 0 Å². The summed E-state index contributed by atoms with van der Waals surface area (Å²) in [6, 6.07) is 12.2. The first-order valence-electron chi connectivity index (χ1n) is 7.68. The highest BCUT2D eigenvalue weighted by molar-refractivity contribution is 6.31. The number of fused-ring (bicyclic) bond motifs is 1. The summed E-state index contributed by atoms with van der Waals surface area (Å²) in [5.41, 5.74) is 1.14. The van der Waals surface area contributed by atoms with Gasteiger partial charge in [-0.2, -0.15) is 0 Å². The summed E-state index contributed by atoms with van der Waals surface area (Å²) < 4.78 is 6.85. The molecule has 0 unspecified atom stereocenters. The van der Waals surface area contributed by atoms with Gasteiger partial charge in [0.25, 0.3) is 5.56 Å². The quantitative estimate of drug-likeness (QED) is 0.714. The van der Waals surface area contributed by atoms with Crippen LogP contribution in [-0.4, -0.2) is 27.4 Å². The smallest absolute Gasteiger partial charge is 0.261 e. The van der Waals surface area contributed by atoms with E-state index in [1.165, 1.54) is 10.9 Å². The molecule has 1 heterocycles. The minimum atomic E-state index is -0.841. The molecule has 7 heteroatoms. The van der Waals surface area contributed by atoms with Crippen molar-refractivity contribution in [3.05, 3.63) is 74.8 Å². The molecular formula is C18H16Cl2N2O3. The van der Waals surface area contributed by atoms with Crippen molar-refractivity contribution in [2.45, 2.75) is 19.3 Å². The van der Waals surface area contributed by atoms with Gasteiger partial charge in [-0.3, -0.25) is 9.36 Å². The number of hydrogen-bond acceptors (Lipinski definition) is 4. The Kier molecular flexibility index (Phi) is 5.71.